The standard InChI is InChI=1S/C14H12BrClN2O3/c1-17-10(7-15)11(13(20)18(2)14(17)21)12(19)8-4-3-5-9(16)6-8/h3-6H,7H2,1-2H3. The first-order valence-electron chi connectivity index (χ1n) is 6.03. The number of hydrogen-bond acceptors (Lipinski definition) is 3. The van der Waals surface area contributed by atoms with Gasteiger partial charge in [-0.05, 0) is 12.1 Å². The number of alkyl halides is 1. The van der Waals surface area contributed by atoms with Gasteiger partial charge in [-0.15, -0.1) is 0 Å². The van der Waals surface area contributed by atoms with Crippen LogP contribution < -0.4 is 11.2 Å². The van der Waals surface area contributed by atoms with E-state index in [-0.39, 0.29) is 10.9 Å². The molecule has 1 heterocycles. The first-order valence-corrected chi connectivity index (χ1v) is 7.53. The van der Waals surface area contributed by atoms with Crippen LogP contribution in [0, 0.1) is 0 Å². The molecule has 0 unspecified atom stereocenters. The minimum Gasteiger partial charge on any atom is -0.299 e. The zero-order valence-electron chi connectivity index (χ0n) is 11.4. The number of carbonyl (C=O) groups excluding carboxylic acids is 1. The van der Waals surface area contributed by atoms with Crippen molar-refractivity contribution in [3.05, 3.63) is 66.9 Å². The summed E-state index contributed by atoms with van der Waals surface area (Å²) in [6.07, 6.45) is 0. The predicted molar refractivity (Wildman–Crippen MR) is 84.4 cm³/mol. The minimum absolute atomic E-state index is 0.0289. The maximum atomic E-state index is 12.6. The number of halogens is 2. The molecule has 0 aliphatic rings. The molecule has 5 nitrogen and oxygen atoms in total. The van der Waals surface area contributed by atoms with Crippen LogP contribution in [0.25, 0.3) is 0 Å². The van der Waals surface area contributed by atoms with Crippen LogP contribution in [-0.4, -0.2) is 14.9 Å². The summed E-state index contributed by atoms with van der Waals surface area (Å²) >= 11 is 9.10. The van der Waals surface area contributed by atoms with Gasteiger partial charge < -0.3 is 0 Å². The lowest BCUT2D eigenvalue weighted by atomic mass is 10.0. The maximum absolute atomic E-state index is 12.6. The molecule has 0 radical (unpaired) electrons. The molecule has 0 saturated heterocycles. The zero-order valence-corrected chi connectivity index (χ0v) is 13.7. The van der Waals surface area contributed by atoms with Crippen LogP contribution in [0.5, 0.6) is 0 Å². The van der Waals surface area contributed by atoms with E-state index in [1.165, 1.54) is 24.7 Å². The molecule has 0 aliphatic carbocycles. The van der Waals surface area contributed by atoms with Crippen molar-refractivity contribution in [2.75, 3.05) is 0 Å². The van der Waals surface area contributed by atoms with Crippen LogP contribution in [0.15, 0.2) is 33.9 Å². The Morgan fingerprint density at radius 1 is 1.24 bits per heavy atom. The van der Waals surface area contributed by atoms with Gasteiger partial charge in [-0.2, -0.15) is 0 Å². The highest BCUT2D eigenvalue weighted by Crippen LogP contribution is 2.16. The SMILES string of the molecule is Cn1c(CBr)c(C(=O)c2cccc(Cl)c2)c(=O)n(C)c1=O. The molecule has 0 spiro atoms. The summed E-state index contributed by atoms with van der Waals surface area (Å²) in [4.78, 5) is 36.8. The molecule has 1 aromatic carbocycles. The van der Waals surface area contributed by atoms with Gasteiger partial charge in [0.25, 0.3) is 5.56 Å². The zero-order chi connectivity index (χ0) is 15.7. The van der Waals surface area contributed by atoms with Gasteiger partial charge in [0.2, 0.25) is 0 Å². The van der Waals surface area contributed by atoms with Gasteiger partial charge in [-0.25, -0.2) is 4.79 Å². The van der Waals surface area contributed by atoms with Gasteiger partial charge in [-0.3, -0.25) is 18.7 Å². The number of aromatic nitrogens is 2. The summed E-state index contributed by atoms with van der Waals surface area (Å²) in [6, 6.07) is 6.35. The Morgan fingerprint density at radius 2 is 1.90 bits per heavy atom. The van der Waals surface area contributed by atoms with Gasteiger partial charge in [0.1, 0.15) is 5.56 Å². The summed E-state index contributed by atoms with van der Waals surface area (Å²) in [5, 5.41) is 0.624. The van der Waals surface area contributed by atoms with Crippen LogP contribution >= 0.6 is 27.5 Å². The topological polar surface area (TPSA) is 61.1 Å². The predicted octanol–water partition coefficient (Wildman–Crippen LogP) is 1.86. The fourth-order valence-electron chi connectivity index (χ4n) is 2.04. The van der Waals surface area contributed by atoms with Crippen LogP contribution in [-0.2, 0) is 19.4 Å². The lowest BCUT2D eigenvalue weighted by Gasteiger charge is -2.12. The van der Waals surface area contributed by atoms with Crippen molar-refractivity contribution in [2.24, 2.45) is 14.1 Å². The van der Waals surface area contributed by atoms with Crippen LogP contribution in [0.2, 0.25) is 5.02 Å². The maximum Gasteiger partial charge on any atom is 0.330 e. The van der Waals surface area contributed by atoms with E-state index >= 15 is 0 Å². The van der Waals surface area contributed by atoms with Crippen molar-refractivity contribution in [1.29, 1.82) is 0 Å². The Hall–Kier alpha value is -1.66. The summed E-state index contributed by atoms with van der Waals surface area (Å²) < 4.78 is 2.21. The second-order valence-electron chi connectivity index (χ2n) is 4.50. The fraction of sp³-hybridized carbons (Fsp3) is 0.214. The molecule has 2 aromatic rings. The molecule has 2 rings (SSSR count). The molecule has 0 amide bonds. The molecular weight excluding hydrogens is 360 g/mol. The Balaban J connectivity index is 2.78. The van der Waals surface area contributed by atoms with Crippen LogP contribution in [0.1, 0.15) is 21.6 Å². The third kappa shape index (κ3) is 2.73. The molecule has 0 atom stereocenters. The monoisotopic (exact) mass is 370 g/mol. The Bertz CT molecular complexity index is 839. The number of ketones is 1. The average molecular weight is 372 g/mol. The first kappa shape index (κ1) is 15.7. The third-order valence-electron chi connectivity index (χ3n) is 3.23. The molecule has 7 heteroatoms. The van der Waals surface area contributed by atoms with Crippen molar-refractivity contribution in [1.82, 2.24) is 9.13 Å². The van der Waals surface area contributed by atoms with E-state index in [2.05, 4.69) is 15.9 Å². The third-order valence-corrected chi connectivity index (χ3v) is 3.99. The number of nitrogens with zero attached hydrogens (tertiary/aromatic N) is 2. The molecular formula is C14H12BrClN2O3. The Kier molecular flexibility index (Phi) is 4.49. The average Bonchev–Trinajstić information content (AvgIpc) is 2.48. The smallest absolute Gasteiger partial charge is 0.299 e. The van der Waals surface area contributed by atoms with Crippen molar-refractivity contribution in [3.63, 3.8) is 0 Å². The molecule has 21 heavy (non-hydrogen) atoms. The lowest BCUT2D eigenvalue weighted by molar-refractivity contribution is 0.103. The van der Waals surface area contributed by atoms with E-state index in [1.807, 2.05) is 0 Å². The van der Waals surface area contributed by atoms with Crippen LogP contribution in [0.4, 0.5) is 0 Å². The van der Waals surface area contributed by atoms with Crippen molar-refractivity contribution < 1.29 is 4.79 Å². The van der Waals surface area contributed by atoms with Gasteiger partial charge >= 0.3 is 5.69 Å². The minimum atomic E-state index is -0.613. The summed E-state index contributed by atoms with van der Waals surface area (Å²) in [5.74, 6) is -0.455. The van der Waals surface area contributed by atoms with Crippen molar-refractivity contribution >= 4 is 33.3 Å². The number of hydrogen-bond donors (Lipinski definition) is 0. The molecule has 0 N–H and O–H groups in total. The summed E-state index contributed by atoms with van der Waals surface area (Å²) in [6.45, 7) is 0. The number of carbonyl (C=O) groups is 1. The molecule has 110 valence electrons. The van der Waals surface area contributed by atoms with Gasteiger partial charge in [-0.1, -0.05) is 39.7 Å². The molecule has 0 bridgehead atoms. The number of rotatable bonds is 3. The lowest BCUT2D eigenvalue weighted by Crippen LogP contribution is -2.42. The Labute approximate surface area is 133 Å². The van der Waals surface area contributed by atoms with E-state index in [9.17, 15) is 14.4 Å². The largest absolute Gasteiger partial charge is 0.330 e. The van der Waals surface area contributed by atoms with Crippen molar-refractivity contribution in [3.8, 4) is 0 Å². The van der Waals surface area contributed by atoms with Crippen molar-refractivity contribution in [2.45, 2.75) is 5.33 Å². The highest BCUT2D eigenvalue weighted by atomic mass is 79.9. The Morgan fingerprint density at radius 3 is 2.48 bits per heavy atom. The highest BCUT2D eigenvalue weighted by molar-refractivity contribution is 9.08. The normalized spacial score (nSPS) is 10.7. The first-order chi connectivity index (χ1) is 9.88. The molecule has 0 fully saturated rings. The molecule has 1 aromatic heterocycles. The van der Waals surface area contributed by atoms with E-state index < -0.39 is 17.0 Å². The highest BCUT2D eigenvalue weighted by Gasteiger charge is 2.22. The second kappa shape index (κ2) is 5.99. The van der Waals surface area contributed by atoms with E-state index in [0.717, 1.165) is 4.57 Å². The number of benzene rings is 1. The summed E-state index contributed by atoms with van der Waals surface area (Å²) in [7, 11) is 2.87. The van der Waals surface area contributed by atoms with Gasteiger partial charge in [0.05, 0.1) is 0 Å². The van der Waals surface area contributed by atoms with E-state index in [0.29, 0.717) is 16.3 Å². The molecule has 0 aliphatic heterocycles. The quantitative estimate of drug-likeness (QED) is 0.611. The van der Waals surface area contributed by atoms with E-state index in [1.54, 1.807) is 18.2 Å². The molecule has 0 saturated carbocycles. The van der Waals surface area contributed by atoms with Gasteiger partial charge in [0.15, 0.2) is 5.78 Å². The van der Waals surface area contributed by atoms with Gasteiger partial charge in [0, 0.05) is 35.7 Å². The second-order valence-corrected chi connectivity index (χ2v) is 5.50. The van der Waals surface area contributed by atoms with E-state index in [4.69, 9.17) is 11.6 Å². The fourth-order valence-corrected chi connectivity index (χ4v) is 2.89. The summed E-state index contributed by atoms with van der Waals surface area (Å²) in [5.41, 5.74) is -0.470. The van der Waals surface area contributed by atoms with Crippen LogP contribution in [0.3, 0.4) is 0 Å².